The van der Waals surface area contributed by atoms with Crippen molar-refractivity contribution in [3.63, 3.8) is 0 Å². The standard InChI is InChI=1S/C24H32FN5O2/c1-3-32-22-7-5-4-6-19(22)18-28-24(26-2)27-13-12-23(31)30-16-14-29(15-17-30)21-10-8-20(25)9-11-21/h4-11H,3,12-18H2,1-2H3,(H2,26,27,28). The topological polar surface area (TPSA) is 69.2 Å². The number of hydrogen-bond donors (Lipinski definition) is 2. The summed E-state index contributed by atoms with van der Waals surface area (Å²) in [5, 5.41) is 6.47. The summed E-state index contributed by atoms with van der Waals surface area (Å²) in [7, 11) is 1.71. The zero-order valence-corrected chi connectivity index (χ0v) is 18.8. The van der Waals surface area contributed by atoms with E-state index in [1.165, 1.54) is 12.1 Å². The number of ether oxygens (including phenoxy) is 1. The van der Waals surface area contributed by atoms with Crippen LogP contribution in [-0.2, 0) is 11.3 Å². The number of carbonyl (C=O) groups is 1. The number of nitrogens with zero attached hydrogens (tertiary/aromatic N) is 3. The van der Waals surface area contributed by atoms with Crippen molar-refractivity contribution in [1.29, 1.82) is 0 Å². The Bertz CT molecular complexity index is 896. The second-order valence-corrected chi connectivity index (χ2v) is 7.49. The van der Waals surface area contributed by atoms with Crippen LogP contribution in [0.5, 0.6) is 5.75 Å². The summed E-state index contributed by atoms with van der Waals surface area (Å²) in [4.78, 5) is 20.9. The molecule has 32 heavy (non-hydrogen) atoms. The third-order valence-corrected chi connectivity index (χ3v) is 5.40. The number of halogens is 1. The molecule has 8 heteroatoms. The fourth-order valence-corrected chi connectivity index (χ4v) is 3.66. The van der Waals surface area contributed by atoms with Crippen LogP contribution in [-0.4, -0.2) is 63.1 Å². The molecule has 0 saturated carbocycles. The van der Waals surface area contributed by atoms with E-state index in [4.69, 9.17) is 4.74 Å². The summed E-state index contributed by atoms with van der Waals surface area (Å²) in [5.41, 5.74) is 2.04. The Labute approximate surface area is 189 Å². The first-order valence-electron chi connectivity index (χ1n) is 11.0. The van der Waals surface area contributed by atoms with Gasteiger partial charge in [-0.3, -0.25) is 9.79 Å². The van der Waals surface area contributed by atoms with Crippen LogP contribution in [0.25, 0.3) is 0 Å². The molecule has 0 unspecified atom stereocenters. The number of anilines is 1. The van der Waals surface area contributed by atoms with E-state index < -0.39 is 0 Å². The van der Waals surface area contributed by atoms with Crippen molar-refractivity contribution in [3.8, 4) is 5.75 Å². The van der Waals surface area contributed by atoms with Crippen LogP contribution in [0.1, 0.15) is 18.9 Å². The number of guanidine groups is 1. The van der Waals surface area contributed by atoms with E-state index in [-0.39, 0.29) is 11.7 Å². The van der Waals surface area contributed by atoms with Crippen LogP contribution >= 0.6 is 0 Å². The summed E-state index contributed by atoms with van der Waals surface area (Å²) in [6.45, 7) is 6.48. The molecule has 0 spiro atoms. The molecule has 7 nitrogen and oxygen atoms in total. The average Bonchev–Trinajstić information content (AvgIpc) is 2.83. The van der Waals surface area contributed by atoms with Gasteiger partial charge in [-0.05, 0) is 37.3 Å². The molecule has 0 radical (unpaired) electrons. The van der Waals surface area contributed by atoms with Gasteiger partial charge in [0.1, 0.15) is 11.6 Å². The van der Waals surface area contributed by atoms with Gasteiger partial charge in [0.25, 0.3) is 0 Å². The van der Waals surface area contributed by atoms with Crippen LogP contribution < -0.4 is 20.3 Å². The van der Waals surface area contributed by atoms with Crippen LogP contribution in [0.3, 0.4) is 0 Å². The van der Waals surface area contributed by atoms with Gasteiger partial charge in [0.05, 0.1) is 6.61 Å². The number of piperazine rings is 1. The Morgan fingerprint density at radius 3 is 2.47 bits per heavy atom. The molecule has 1 amide bonds. The summed E-state index contributed by atoms with van der Waals surface area (Å²) in [6.07, 6.45) is 0.396. The monoisotopic (exact) mass is 441 g/mol. The van der Waals surface area contributed by atoms with E-state index in [2.05, 4.69) is 20.5 Å². The van der Waals surface area contributed by atoms with Crippen molar-refractivity contribution >= 4 is 17.6 Å². The third kappa shape index (κ3) is 6.60. The lowest BCUT2D eigenvalue weighted by Gasteiger charge is -2.36. The molecule has 0 bridgehead atoms. The highest BCUT2D eigenvalue weighted by Gasteiger charge is 2.21. The van der Waals surface area contributed by atoms with E-state index in [0.29, 0.717) is 45.2 Å². The molecule has 1 aliphatic rings. The summed E-state index contributed by atoms with van der Waals surface area (Å²) < 4.78 is 18.8. The van der Waals surface area contributed by atoms with Crippen molar-refractivity contribution in [2.75, 3.05) is 51.3 Å². The number of para-hydroxylation sites is 1. The van der Waals surface area contributed by atoms with E-state index in [1.54, 1.807) is 19.2 Å². The number of benzene rings is 2. The largest absolute Gasteiger partial charge is 0.494 e. The number of hydrogen-bond acceptors (Lipinski definition) is 4. The van der Waals surface area contributed by atoms with Crippen LogP contribution in [0.15, 0.2) is 53.5 Å². The molecule has 1 fully saturated rings. The Morgan fingerprint density at radius 1 is 1.06 bits per heavy atom. The van der Waals surface area contributed by atoms with Crippen LogP contribution in [0, 0.1) is 5.82 Å². The first-order chi connectivity index (χ1) is 15.6. The van der Waals surface area contributed by atoms with Gasteiger partial charge in [0.15, 0.2) is 5.96 Å². The van der Waals surface area contributed by atoms with Gasteiger partial charge in [-0.1, -0.05) is 18.2 Å². The van der Waals surface area contributed by atoms with Gasteiger partial charge in [-0.2, -0.15) is 0 Å². The van der Waals surface area contributed by atoms with Crippen molar-refractivity contribution in [1.82, 2.24) is 15.5 Å². The van der Waals surface area contributed by atoms with Gasteiger partial charge in [0, 0.05) is 64.0 Å². The zero-order chi connectivity index (χ0) is 22.8. The van der Waals surface area contributed by atoms with E-state index in [1.807, 2.05) is 36.1 Å². The molecule has 0 atom stereocenters. The molecule has 0 aromatic heterocycles. The molecule has 172 valence electrons. The summed E-state index contributed by atoms with van der Waals surface area (Å²) in [6, 6.07) is 14.4. The molecule has 3 rings (SSSR count). The van der Waals surface area contributed by atoms with Crippen molar-refractivity contribution < 1.29 is 13.9 Å². The highest BCUT2D eigenvalue weighted by molar-refractivity contribution is 5.81. The highest BCUT2D eigenvalue weighted by atomic mass is 19.1. The number of carbonyl (C=O) groups excluding carboxylic acids is 1. The van der Waals surface area contributed by atoms with Crippen LogP contribution in [0.2, 0.25) is 0 Å². The number of amides is 1. The predicted molar refractivity (Wildman–Crippen MR) is 126 cm³/mol. The van der Waals surface area contributed by atoms with Gasteiger partial charge in [0.2, 0.25) is 5.91 Å². The third-order valence-electron chi connectivity index (χ3n) is 5.40. The Balaban J connectivity index is 1.39. The summed E-state index contributed by atoms with van der Waals surface area (Å²) >= 11 is 0. The maximum absolute atomic E-state index is 13.1. The number of rotatable bonds is 8. The lowest BCUT2D eigenvalue weighted by Crippen LogP contribution is -2.49. The molecule has 2 N–H and O–H groups in total. The van der Waals surface area contributed by atoms with Gasteiger partial charge >= 0.3 is 0 Å². The Kier molecular flexibility index (Phi) is 8.71. The summed E-state index contributed by atoms with van der Waals surface area (Å²) in [5.74, 6) is 1.38. The van der Waals surface area contributed by atoms with Crippen molar-refractivity contribution in [3.05, 3.63) is 59.9 Å². The van der Waals surface area contributed by atoms with E-state index in [9.17, 15) is 9.18 Å². The molecular weight excluding hydrogens is 409 g/mol. The van der Waals surface area contributed by atoms with E-state index >= 15 is 0 Å². The highest BCUT2D eigenvalue weighted by Crippen LogP contribution is 2.18. The van der Waals surface area contributed by atoms with Gasteiger partial charge in [-0.25, -0.2) is 4.39 Å². The minimum Gasteiger partial charge on any atom is -0.494 e. The predicted octanol–water partition coefficient (Wildman–Crippen LogP) is 2.63. The molecular formula is C24H32FN5O2. The van der Waals surface area contributed by atoms with Crippen LogP contribution in [0.4, 0.5) is 10.1 Å². The maximum atomic E-state index is 13.1. The van der Waals surface area contributed by atoms with Crippen molar-refractivity contribution in [2.24, 2.45) is 4.99 Å². The minimum atomic E-state index is -0.238. The minimum absolute atomic E-state index is 0.119. The SMILES string of the molecule is CCOc1ccccc1CNC(=NC)NCCC(=O)N1CCN(c2ccc(F)cc2)CC1. The Hall–Kier alpha value is -3.29. The molecule has 0 aliphatic carbocycles. The van der Waals surface area contributed by atoms with Crippen molar-refractivity contribution in [2.45, 2.75) is 19.9 Å². The van der Waals surface area contributed by atoms with Gasteiger partial charge in [-0.15, -0.1) is 0 Å². The lowest BCUT2D eigenvalue weighted by molar-refractivity contribution is -0.131. The lowest BCUT2D eigenvalue weighted by atomic mass is 10.2. The first-order valence-corrected chi connectivity index (χ1v) is 11.0. The Morgan fingerprint density at radius 2 is 1.78 bits per heavy atom. The van der Waals surface area contributed by atoms with Gasteiger partial charge < -0.3 is 25.2 Å². The fourth-order valence-electron chi connectivity index (χ4n) is 3.66. The zero-order valence-electron chi connectivity index (χ0n) is 18.8. The quantitative estimate of drug-likeness (QED) is 0.487. The first kappa shape index (κ1) is 23.4. The average molecular weight is 442 g/mol. The number of aliphatic imine (C=N–C) groups is 1. The second kappa shape index (κ2) is 11.9. The maximum Gasteiger partial charge on any atom is 0.224 e. The molecule has 1 aliphatic heterocycles. The smallest absolute Gasteiger partial charge is 0.224 e. The normalized spacial score (nSPS) is 14.3. The molecule has 2 aromatic carbocycles. The molecule has 2 aromatic rings. The molecule has 1 saturated heterocycles. The fraction of sp³-hybridized carbons (Fsp3) is 0.417. The second-order valence-electron chi connectivity index (χ2n) is 7.49. The van der Waals surface area contributed by atoms with E-state index in [0.717, 1.165) is 30.1 Å². The molecule has 1 heterocycles. The number of nitrogens with one attached hydrogen (secondary N) is 2.